The molecule has 2 aromatic rings. The molecule has 7 heteroatoms. The van der Waals surface area contributed by atoms with E-state index in [0.717, 1.165) is 73.7 Å². The van der Waals surface area contributed by atoms with E-state index < -0.39 is 5.60 Å². The van der Waals surface area contributed by atoms with Crippen LogP contribution < -0.4 is 5.32 Å². The van der Waals surface area contributed by atoms with Crippen LogP contribution in [0.2, 0.25) is 0 Å². The van der Waals surface area contributed by atoms with Crippen molar-refractivity contribution >= 4 is 28.1 Å². The van der Waals surface area contributed by atoms with Gasteiger partial charge in [-0.1, -0.05) is 19.3 Å². The number of pyridine rings is 1. The lowest BCUT2D eigenvalue weighted by molar-refractivity contribution is -0.139. The van der Waals surface area contributed by atoms with Crippen LogP contribution in [0.15, 0.2) is 18.3 Å². The number of aliphatic hydroxyl groups is 1. The maximum atomic E-state index is 13.0. The first kappa shape index (κ1) is 21.2. The highest BCUT2D eigenvalue weighted by Crippen LogP contribution is 2.33. The van der Waals surface area contributed by atoms with Gasteiger partial charge in [-0.25, -0.2) is 4.98 Å². The Morgan fingerprint density at radius 2 is 2.07 bits per heavy atom. The molecule has 4 rings (SSSR count). The van der Waals surface area contributed by atoms with Gasteiger partial charge in [-0.2, -0.15) is 0 Å². The normalized spacial score (nSPS) is 21.4. The summed E-state index contributed by atoms with van der Waals surface area (Å²) < 4.78 is 0. The number of hydrogen-bond acceptors (Lipinski definition) is 6. The molecule has 1 saturated heterocycles. The molecule has 3 heterocycles. The molecule has 0 spiro atoms. The lowest BCUT2D eigenvalue weighted by atomic mass is 9.82. The van der Waals surface area contributed by atoms with E-state index in [2.05, 4.69) is 16.4 Å². The SMILES string of the molecule is Cc1cc(Nc2ncc(C)s2)cc([C@H]2CCCN(C(=O)CC3(O)CCCCC3)C2)n1. The van der Waals surface area contributed by atoms with Crippen LogP contribution in [0.25, 0.3) is 0 Å². The molecule has 1 aliphatic carbocycles. The zero-order valence-corrected chi connectivity index (χ0v) is 18.8. The fourth-order valence-electron chi connectivity index (χ4n) is 4.74. The van der Waals surface area contributed by atoms with Gasteiger partial charge in [-0.15, -0.1) is 11.3 Å². The van der Waals surface area contributed by atoms with E-state index >= 15 is 0 Å². The first-order valence-electron chi connectivity index (χ1n) is 11.1. The van der Waals surface area contributed by atoms with Gasteiger partial charge in [0.25, 0.3) is 0 Å². The van der Waals surface area contributed by atoms with Crippen molar-refractivity contribution in [3.8, 4) is 0 Å². The fourth-order valence-corrected chi connectivity index (χ4v) is 5.42. The third kappa shape index (κ3) is 5.19. The maximum Gasteiger partial charge on any atom is 0.225 e. The number of aryl methyl sites for hydroxylation is 2. The minimum Gasteiger partial charge on any atom is -0.389 e. The number of nitrogens with one attached hydrogen (secondary N) is 1. The van der Waals surface area contributed by atoms with E-state index in [9.17, 15) is 9.90 Å². The topological polar surface area (TPSA) is 78.4 Å². The number of thiazole rings is 1. The second kappa shape index (κ2) is 9.02. The number of rotatable bonds is 5. The molecule has 6 nitrogen and oxygen atoms in total. The zero-order valence-electron chi connectivity index (χ0n) is 18.0. The quantitative estimate of drug-likeness (QED) is 0.722. The van der Waals surface area contributed by atoms with Crippen LogP contribution in [0.1, 0.15) is 73.5 Å². The third-order valence-corrected chi connectivity index (χ3v) is 7.13. The van der Waals surface area contributed by atoms with E-state index in [4.69, 9.17) is 4.98 Å². The molecule has 1 amide bonds. The molecule has 0 aromatic carbocycles. The summed E-state index contributed by atoms with van der Waals surface area (Å²) in [4.78, 5) is 25.2. The number of aromatic nitrogens is 2. The molecule has 30 heavy (non-hydrogen) atoms. The van der Waals surface area contributed by atoms with Crippen molar-refractivity contribution in [2.75, 3.05) is 18.4 Å². The highest BCUT2D eigenvalue weighted by molar-refractivity contribution is 7.15. The van der Waals surface area contributed by atoms with Crippen LogP contribution in [0.5, 0.6) is 0 Å². The second-order valence-corrected chi connectivity index (χ2v) is 10.2. The van der Waals surface area contributed by atoms with Crippen molar-refractivity contribution < 1.29 is 9.90 Å². The van der Waals surface area contributed by atoms with Gasteiger partial charge in [0.15, 0.2) is 5.13 Å². The predicted octanol–water partition coefficient (Wildman–Crippen LogP) is 4.69. The smallest absolute Gasteiger partial charge is 0.225 e. The summed E-state index contributed by atoms with van der Waals surface area (Å²) in [7, 11) is 0. The minimum absolute atomic E-state index is 0.0911. The summed E-state index contributed by atoms with van der Waals surface area (Å²) >= 11 is 1.63. The van der Waals surface area contributed by atoms with Gasteiger partial charge in [0, 0.05) is 47.2 Å². The summed E-state index contributed by atoms with van der Waals surface area (Å²) in [6.45, 7) is 5.51. The van der Waals surface area contributed by atoms with Crippen LogP contribution in [0, 0.1) is 13.8 Å². The second-order valence-electron chi connectivity index (χ2n) is 8.96. The fraction of sp³-hybridized carbons (Fsp3) is 0.609. The number of amides is 1. The number of piperidine rings is 1. The zero-order chi connectivity index (χ0) is 21.1. The molecule has 2 aliphatic rings. The van der Waals surface area contributed by atoms with Gasteiger partial charge in [0.05, 0.1) is 12.0 Å². The van der Waals surface area contributed by atoms with Crippen LogP contribution >= 0.6 is 11.3 Å². The number of nitrogens with zero attached hydrogens (tertiary/aromatic N) is 3. The van der Waals surface area contributed by atoms with Crippen molar-refractivity contribution in [2.45, 2.75) is 76.7 Å². The van der Waals surface area contributed by atoms with Gasteiger partial charge in [0.2, 0.25) is 5.91 Å². The molecule has 1 aliphatic heterocycles. The van der Waals surface area contributed by atoms with Gasteiger partial charge in [-0.05, 0) is 51.7 Å². The Bertz CT molecular complexity index is 891. The first-order valence-corrected chi connectivity index (χ1v) is 11.9. The van der Waals surface area contributed by atoms with Crippen molar-refractivity contribution in [2.24, 2.45) is 0 Å². The van der Waals surface area contributed by atoms with Crippen molar-refractivity contribution in [3.63, 3.8) is 0 Å². The molecule has 1 saturated carbocycles. The summed E-state index contributed by atoms with van der Waals surface area (Å²) in [5, 5.41) is 15.1. The highest BCUT2D eigenvalue weighted by Gasteiger charge is 2.35. The average Bonchev–Trinajstić information content (AvgIpc) is 3.12. The summed E-state index contributed by atoms with van der Waals surface area (Å²) in [6.07, 6.45) is 8.84. The highest BCUT2D eigenvalue weighted by atomic mass is 32.1. The molecule has 0 radical (unpaired) electrons. The number of carbonyl (C=O) groups is 1. The molecule has 2 N–H and O–H groups in total. The summed E-state index contributed by atoms with van der Waals surface area (Å²) in [5.41, 5.74) is 2.18. The van der Waals surface area contributed by atoms with E-state index in [-0.39, 0.29) is 18.2 Å². The Morgan fingerprint density at radius 3 is 2.80 bits per heavy atom. The lowest BCUT2D eigenvalue weighted by Crippen LogP contribution is -2.44. The molecule has 0 bridgehead atoms. The van der Waals surface area contributed by atoms with E-state index in [1.165, 1.54) is 4.88 Å². The monoisotopic (exact) mass is 428 g/mol. The lowest BCUT2D eigenvalue weighted by Gasteiger charge is -2.37. The summed E-state index contributed by atoms with van der Waals surface area (Å²) in [5.74, 6) is 0.315. The molecule has 0 unspecified atom stereocenters. The van der Waals surface area contributed by atoms with Crippen LogP contribution in [-0.2, 0) is 4.79 Å². The van der Waals surface area contributed by atoms with Crippen molar-refractivity contribution in [3.05, 3.63) is 34.6 Å². The number of hydrogen-bond donors (Lipinski definition) is 2. The van der Waals surface area contributed by atoms with Gasteiger partial charge in [0.1, 0.15) is 0 Å². The molecular formula is C23H32N4O2S. The van der Waals surface area contributed by atoms with Crippen molar-refractivity contribution in [1.82, 2.24) is 14.9 Å². The molecule has 1 atom stereocenters. The van der Waals surface area contributed by atoms with Crippen LogP contribution in [0.4, 0.5) is 10.8 Å². The largest absolute Gasteiger partial charge is 0.389 e. The van der Waals surface area contributed by atoms with E-state index in [1.54, 1.807) is 11.3 Å². The Hall–Kier alpha value is -1.99. The number of likely N-dealkylation sites (tertiary alicyclic amines) is 1. The molecule has 2 aromatic heterocycles. The van der Waals surface area contributed by atoms with E-state index in [0.29, 0.717) is 6.54 Å². The van der Waals surface area contributed by atoms with Gasteiger partial charge in [-0.3, -0.25) is 9.78 Å². The minimum atomic E-state index is -0.799. The third-order valence-electron chi connectivity index (χ3n) is 6.30. The van der Waals surface area contributed by atoms with Crippen LogP contribution in [0.3, 0.4) is 0 Å². The standard InChI is InChI=1S/C23H32N4O2S/c1-16-11-19(26-22-24-14-17(2)30-22)12-20(25-16)18-7-6-10-27(15-18)21(28)13-23(29)8-4-3-5-9-23/h11-12,14,18,29H,3-10,13,15H2,1-2H3,(H,24,25,26)/t18-/m0/s1. The number of carbonyl (C=O) groups excluding carboxylic acids is 1. The first-order chi connectivity index (χ1) is 14.4. The van der Waals surface area contributed by atoms with Crippen molar-refractivity contribution in [1.29, 1.82) is 0 Å². The average molecular weight is 429 g/mol. The van der Waals surface area contributed by atoms with Gasteiger partial charge < -0.3 is 15.3 Å². The predicted molar refractivity (Wildman–Crippen MR) is 120 cm³/mol. The molecule has 162 valence electrons. The Kier molecular flexibility index (Phi) is 6.39. The molecular weight excluding hydrogens is 396 g/mol. The Morgan fingerprint density at radius 1 is 1.27 bits per heavy atom. The van der Waals surface area contributed by atoms with Crippen LogP contribution in [-0.4, -0.2) is 44.6 Å². The maximum absolute atomic E-state index is 13.0. The molecule has 2 fully saturated rings. The number of anilines is 2. The van der Waals surface area contributed by atoms with E-state index in [1.807, 2.05) is 31.0 Å². The Labute approximate surface area is 182 Å². The van der Waals surface area contributed by atoms with Gasteiger partial charge >= 0.3 is 0 Å². The Balaban J connectivity index is 1.44. The summed E-state index contributed by atoms with van der Waals surface area (Å²) in [6, 6.07) is 4.13.